The summed E-state index contributed by atoms with van der Waals surface area (Å²) in [6, 6.07) is 8.52. The molecule has 2 aliphatic heterocycles. The van der Waals surface area contributed by atoms with Crippen LogP contribution in [0.3, 0.4) is 0 Å². The van der Waals surface area contributed by atoms with Gasteiger partial charge in [-0.05, 0) is 56.5 Å². The molecule has 2 fully saturated rings. The number of phenols is 1. The van der Waals surface area contributed by atoms with Crippen molar-refractivity contribution in [3.8, 4) is 5.75 Å². The number of aromatic hydroxyl groups is 1. The first-order chi connectivity index (χ1) is 21.1. The molecule has 3 atom stereocenters. The number of likely N-dealkylation sites (tertiary alicyclic amines) is 2. The van der Waals surface area contributed by atoms with E-state index in [9.17, 15) is 34.4 Å². The molecule has 0 saturated carbocycles. The molecule has 0 bridgehead atoms. The lowest BCUT2D eigenvalue weighted by Crippen LogP contribution is -2.55. The fraction of sp³-hybridized carbons (Fsp3) is 0.517. The number of rotatable bonds is 12. The Morgan fingerprint density at radius 3 is 2.52 bits per heavy atom. The molecule has 15 nitrogen and oxygen atoms in total. The molecule has 2 heterocycles. The minimum absolute atomic E-state index is 0.00451. The molecule has 0 spiro atoms. The average molecular weight is 613 g/mol. The van der Waals surface area contributed by atoms with Crippen molar-refractivity contribution in [3.05, 3.63) is 52.1 Å². The predicted molar refractivity (Wildman–Crippen MR) is 160 cm³/mol. The van der Waals surface area contributed by atoms with Gasteiger partial charge in [0.15, 0.2) is 11.3 Å². The molecule has 2 aromatic carbocycles. The summed E-state index contributed by atoms with van der Waals surface area (Å²) >= 11 is 0. The standard InChI is InChI=1S/C29H40N8O7/c1-31-25(39)19-12-16-35(17-13-19)28(42)23-9-5-15-36(23)27(41)22(8-4-14-32-29(30)34-37(43)44)33-26(40)21-11-10-18-6-2-3-7-20(18)24(21)38/h2-3,6-7,10-11,19,22-23,29,32,34,38H,4-5,8-9,12-17,30H2,1H3,(H,31,39)(H,33,40). The molecule has 2 aliphatic rings. The topological polar surface area (TPSA) is 212 Å². The zero-order chi connectivity index (χ0) is 31.8. The summed E-state index contributed by atoms with van der Waals surface area (Å²) in [7, 11) is 1.59. The van der Waals surface area contributed by atoms with Gasteiger partial charge in [0.25, 0.3) is 5.91 Å². The van der Waals surface area contributed by atoms with Crippen molar-refractivity contribution in [2.24, 2.45) is 11.7 Å². The van der Waals surface area contributed by atoms with E-state index in [0.717, 1.165) is 5.39 Å². The zero-order valence-corrected chi connectivity index (χ0v) is 24.7. The van der Waals surface area contributed by atoms with E-state index in [-0.39, 0.29) is 42.0 Å². The summed E-state index contributed by atoms with van der Waals surface area (Å²) in [6.45, 7) is 1.38. The van der Waals surface area contributed by atoms with E-state index in [1.807, 2.05) is 11.5 Å². The van der Waals surface area contributed by atoms with Crippen molar-refractivity contribution in [3.63, 3.8) is 0 Å². The number of carbonyl (C=O) groups is 4. The van der Waals surface area contributed by atoms with Gasteiger partial charge in [-0.3, -0.25) is 30.2 Å². The van der Waals surface area contributed by atoms with Gasteiger partial charge in [-0.15, -0.1) is 5.43 Å². The molecule has 2 saturated heterocycles. The van der Waals surface area contributed by atoms with Gasteiger partial charge in [0.05, 0.1) is 5.56 Å². The largest absolute Gasteiger partial charge is 0.506 e. The Kier molecular flexibility index (Phi) is 10.9. The predicted octanol–water partition coefficient (Wildman–Crippen LogP) is 0.0128. The number of nitrogens with one attached hydrogen (secondary N) is 4. The molecule has 238 valence electrons. The van der Waals surface area contributed by atoms with Gasteiger partial charge in [-0.25, -0.2) is 10.1 Å². The third-order valence-electron chi connectivity index (χ3n) is 8.27. The van der Waals surface area contributed by atoms with Crippen LogP contribution in [-0.2, 0) is 14.4 Å². The normalized spacial score (nSPS) is 18.5. The summed E-state index contributed by atoms with van der Waals surface area (Å²) in [5, 5.41) is 30.1. The van der Waals surface area contributed by atoms with Crippen LogP contribution in [0.15, 0.2) is 36.4 Å². The molecule has 4 rings (SSSR count). The number of amides is 4. The molecular formula is C29H40N8O7. The number of hydrogen-bond donors (Lipinski definition) is 6. The smallest absolute Gasteiger partial charge is 0.255 e. The fourth-order valence-corrected chi connectivity index (χ4v) is 5.92. The van der Waals surface area contributed by atoms with E-state index in [1.54, 1.807) is 36.2 Å². The molecular weight excluding hydrogens is 572 g/mol. The van der Waals surface area contributed by atoms with Crippen LogP contribution in [0, 0.1) is 16.0 Å². The third kappa shape index (κ3) is 7.71. The van der Waals surface area contributed by atoms with Gasteiger partial charge in [-0.2, -0.15) is 0 Å². The summed E-state index contributed by atoms with van der Waals surface area (Å²) in [5.74, 6) is -1.66. The summed E-state index contributed by atoms with van der Waals surface area (Å²) in [6.07, 6.45) is 1.53. The second-order valence-electron chi connectivity index (χ2n) is 11.1. The van der Waals surface area contributed by atoms with Gasteiger partial charge in [0.2, 0.25) is 17.7 Å². The molecule has 3 unspecified atom stereocenters. The highest BCUT2D eigenvalue weighted by Gasteiger charge is 2.40. The van der Waals surface area contributed by atoms with Gasteiger partial charge in [-0.1, -0.05) is 30.3 Å². The zero-order valence-electron chi connectivity index (χ0n) is 24.7. The quantitative estimate of drug-likeness (QED) is 0.0818. The molecule has 4 amide bonds. The highest BCUT2D eigenvalue weighted by Crippen LogP contribution is 2.29. The minimum Gasteiger partial charge on any atom is -0.506 e. The molecule has 15 heteroatoms. The summed E-state index contributed by atoms with van der Waals surface area (Å²) < 4.78 is 0. The van der Waals surface area contributed by atoms with E-state index < -0.39 is 35.2 Å². The lowest BCUT2D eigenvalue weighted by atomic mass is 9.95. The van der Waals surface area contributed by atoms with Gasteiger partial charge in [0.1, 0.15) is 17.8 Å². The van der Waals surface area contributed by atoms with E-state index in [4.69, 9.17) is 5.73 Å². The van der Waals surface area contributed by atoms with Gasteiger partial charge in [0, 0.05) is 38.0 Å². The van der Waals surface area contributed by atoms with E-state index in [0.29, 0.717) is 57.1 Å². The number of nitrogens with two attached hydrogens (primary N) is 1. The van der Waals surface area contributed by atoms with Crippen molar-refractivity contribution in [2.45, 2.75) is 56.9 Å². The Morgan fingerprint density at radius 2 is 1.82 bits per heavy atom. The second kappa shape index (κ2) is 14.8. The van der Waals surface area contributed by atoms with Gasteiger partial charge >= 0.3 is 0 Å². The van der Waals surface area contributed by atoms with Crippen molar-refractivity contribution in [1.82, 2.24) is 31.2 Å². The number of carbonyl (C=O) groups excluding carboxylic acids is 4. The highest BCUT2D eigenvalue weighted by atomic mass is 16.7. The number of phenolic OH excluding ortho intramolecular Hbond substituents is 1. The monoisotopic (exact) mass is 612 g/mol. The molecule has 44 heavy (non-hydrogen) atoms. The molecule has 0 radical (unpaired) electrons. The van der Waals surface area contributed by atoms with Crippen molar-refractivity contribution < 1.29 is 29.3 Å². The first-order valence-electron chi connectivity index (χ1n) is 14.8. The number of nitrogens with zero attached hydrogens (tertiary/aromatic N) is 3. The maximum Gasteiger partial charge on any atom is 0.255 e. The SMILES string of the molecule is CNC(=O)C1CCN(C(=O)C2CCCN2C(=O)C(CCCNC(N)N[N+](=O)[O-])NC(=O)c2ccc3ccccc3c2O)CC1. The van der Waals surface area contributed by atoms with Gasteiger partial charge < -0.3 is 25.5 Å². The number of hydrazine groups is 1. The summed E-state index contributed by atoms with van der Waals surface area (Å²) in [4.78, 5) is 66.7. The first kappa shape index (κ1) is 32.4. The lowest BCUT2D eigenvalue weighted by molar-refractivity contribution is -0.552. The third-order valence-corrected chi connectivity index (χ3v) is 8.27. The van der Waals surface area contributed by atoms with Crippen LogP contribution in [0.1, 0.15) is 48.9 Å². The van der Waals surface area contributed by atoms with Crippen LogP contribution in [0.4, 0.5) is 0 Å². The lowest BCUT2D eigenvalue weighted by Gasteiger charge is -2.36. The average Bonchev–Trinajstić information content (AvgIpc) is 3.51. The summed E-state index contributed by atoms with van der Waals surface area (Å²) in [5.41, 5.74) is 7.51. The highest BCUT2D eigenvalue weighted by molar-refractivity contribution is 6.05. The minimum atomic E-state index is -1.11. The van der Waals surface area contributed by atoms with Crippen LogP contribution in [0.2, 0.25) is 0 Å². The van der Waals surface area contributed by atoms with E-state index >= 15 is 0 Å². The molecule has 7 N–H and O–H groups in total. The van der Waals surface area contributed by atoms with Crippen LogP contribution in [0.5, 0.6) is 5.75 Å². The van der Waals surface area contributed by atoms with Crippen LogP contribution < -0.4 is 27.1 Å². The first-order valence-corrected chi connectivity index (χ1v) is 14.8. The fourth-order valence-electron chi connectivity index (χ4n) is 5.92. The molecule has 2 aromatic rings. The van der Waals surface area contributed by atoms with E-state index in [2.05, 4.69) is 16.0 Å². The Balaban J connectivity index is 1.47. The maximum absolute atomic E-state index is 13.9. The van der Waals surface area contributed by atoms with Crippen LogP contribution >= 0.6 is 0 Å². The van der Waals surface area contributed by atoms with Crippen molar-refractivity contribution in [2.75, 3.05) is 33.2 Å². The Labute approximate surface area is 254 Å². The van der Waals surface area contributed by atoms with Crippen molar-refractivity contribution in [1.29, 1.82) is 0 Å². The Bertz CT molecular complexity index is 1380. The maximum atomic E-state index is 13.9. The Hall–Kier alpha value is -4.50. The Morgan fingerprint density at radius 1 is 1.09 bits per heavy atom. The number of piperidine rings is 1. The second-order valence-corrected chi connectivity index (χ2v) is 11.1. The van der Waals surface area contributed by atoms with Crippen LogP contribution in [-0.4, -0.2) is 95.2 Å². The number of nitro groups is 1. The number of benzene rings is 2. The van der Waals surface area contributed by atoms with Crippen molar-refractivity contribution >= 4 is 34.4 Å². The number of hydrogen-bond acceptors (Lipinski definition) is 9. The molecule has 0 aromatic heterocycles. The number of fused-ring (bicyclic) bond motifs is 1. The van der Waals surface area contributed by atoms with E-state index in [1.165, 1.54) is 11.0 Å². The van der Waals surface area contributed by atoms with Crippen LogP contribution in [0.25, 0.3) is 10.8 Å². The molecule has 0 aliphatic carbocycles.